The topological polar surface area (TPSA) is 44.4 Å². The molecule has 1 atom stereocenters. The standard InChI is InChI=1S/C13H17N3O/c17-13-14-9-12(15-13)10-4-3-5-11(8-10)16-6-1-2-7-16/h3-5,8,12H,1-2,6-7,9H2,(H2,14,15,17). The van der Waals surface area contributed by atoms with Gasteiger partial charge in [-0.1, -0.05) is 12.1 Å². The van der Waals surface area contributed by atoms with Crippen LogP contribution in [0.2, 0.25) is 0 Å². The van der Waals surface area contributed by atoms with Crippen molar-refractivity contribution in [3.63, 3.8) is 0 Å². The van der Waals surface area contributed by atoms with Crippen LogP contribution in [-0.2, 0) is 0 Å². The van der Waals surface area contributed by atoms with E-state index in [1.807, 2.05) is 0 Å². The number of nitrogens with one attached hydrogen (secondary N) is 2. The van der Waals surface area contributed by atoms with Gasteiger partial charge in [0.05, 0.1) is 6.04 Å². The van der Waals surface area contributed by atoms with E-state index in [9.17, 15) is 4.79 Å². The minimum atomic E-state index is -0.0680. The van der Waals surface area contributed by atoms with Crippen molar-refractivity contribution in [2.24, 2.45) is 0 Å². The van der Waals surface area contributed by atoms with Crippen molar-refractivity contribution in [2.75, 3.05) is 24.5 Å². The molecule has 2 heterocycles. The number of hydrogen-bond acceptors (Lipinski definition) is 2. The Bertz CT molecular complexity index is 426. The number of carbonyl (C=O) groups is 1. The molecule has 2 N–H and O–H groups in total. The maximum absolute atomic E-state index is 11.1. The van der Waals surface area contributed by atoms with Gasteiger partial charge in [0.1, 0.15) is 0 Å². The fourth-order valence-corrected chi connectivity index (χ4v) is 2.57. The Morgan fingerprint density at radius 1 is 1.24 bits per heavy atom. The quantitative estimate of drug-likeness (QED) is 0.812. The van der Waals surface area contributed by atoms with E-state index in [0.29, 0.717) is 6.54 Å². The van der Waals surface area contributed by atoms with Gasteiger partial charge in [0, 0.05) is 25.3 Å². The first-order valence-corrected chi connectivity index (χ1v) is 6.22. The van der Waals surface area contributed by atoms with Crippen molar-refractivity contribution >= 4 is 11.7 Å². The first-order valence-electron chi connectivity index (χ1n) is 6.22. The van der Waals surface area contributed by atoms with Crippen molar-refractivity contribution in [2.45, 2.75) is 18.9 Å². The highest BCUT2D eigenvalue weighted by atomic mass is 16.2. The molecule has 0 aliphatic carbocycles. The molecule has 90 valence electrons. The Morgan fingerprint density at radius 3 is 2.76 bits per heavy atom. The van der Waals surface area contributed by atoms with Gasteiger partial charge in [0.2, 0.25) is 0 Å². The van der Waals surface area contributed by atoms with Gasteiger partial charge >= 0.3 is 6.03 Å². The average molecular weight is 231 g/mol. The fourth-order valence-electron chi connectivity index (χ4n) is 2.57. The van der Waals surface area contributed by atoms with Gasteiger partial charge in [-0.3, -0.25) is 0 Å². The fraction of sp³-hybridized carbons (Fsp3) is 0.462. The third-order valence-corrected chi connectivity index (χ3v) is 3.52. The molecule has 4 heteroatoms. The average Bonchev–Trinajstić information content (AvgIpc) is 3.00. The highest BCUT2D eigenvalue weighted by Crippen LogP contribution is 2.24. The number of anilines is 1. The maximum atomic E-state index is 11.1. The van der Waals surface area contributed by atoms with Gasteiger partial charge < -0.3 is 15.5 Å². The highest BCUT2D eigenvalue weighted by Gasteiger charge is 2.22. The minimum absolute atomic E-state index is 0.0680. The summed E-state index contributed by atoms with van der Waals surface area (Å²) in [5.41, 5.74) is 2.47. The van der Waals surface area contributed by atoms with Crippen LogP contribution in [0.1, 0.15) is 24.4 Å². The Kier molecular flexibility index (Phi) is 2.63. The summed E-state index contributed by atoms with van der Waals surface area (Å²) in [6.07, 6.45) is 2.57. The summed E-state index contributed by atoms with van der Waals surface area (Å²) >= 11 is 0. The summed E-state index contributed by atoms with van der Waals surface area (Å²) < 4.78 is 0. The molecule has 1 aromatic rings. The van der Waals surface area contributed by atoms with E-state index in [-0.39, 0.29) is 12.1 Å². The van der Waals surface area contributed by atoms with Crippen LogP contribution in [0.3, 0.4) is 0 Å². The zero-order valence-corrected chi connectivity index (χ0v) is 9.78. The summed E-state index contributed by atoms with van der Waals surface area (Å²) in [6.45, 7) is 2.99. The number of carbonyl (C=O) groups excluding carboxylic acids is 1. The summed E-state index contributed by atoms with van der Waals surface area (Å²) in [4.78, 5) is 13.5. The molecule has 2 fully saturated rings. The Balaban J connectivity index is 1.81. The molecule has 2 amide bonds. The van der Waals surface area contributed by atoms with Gasteiger partial charge in [-0.05, 0) is 30.5 Å². The number of hydrogen-bond donors (Lipinski definition) is 2. The molecule has 0 aromatic heterocycles. The van der Waals surface area contributed by atoms with E-state index in [1.165, 1.54) is 24.1 Å². The lowest BCUT2D eigenvalue weighted by Gasteiger charge is -2.19. The molecule has 0 radical (unpaired) electrons. The Hall–Kier alpha value is -1.71. The summed E-state index contributed by atoms with van der Waals surface area (Å²) in [5, 5.41) is 5.71. The largest absolute Gasteiger partial charge is 0.372 e. The summed E-state index contributed by atoms with van der Waals surface area (Å²) in [7, 11) is 0. The van der Waals surface area contributed by atoms with Crippen molar-refractivity contribution in [1.82, 2.24) is 10.6 Å². The molecule has 2 saturated heterocycles. The van der Waals surface area contributed by atoms with Crippen molar-refractivity contribution in [1.29, 1.82) is 0 Å². The van der Waals surface area contributed by atoms with Crippen molar-refractivity contribution in [3.8, 4) is 0 Å². The third kappa shape index (κ3) is 2.07. The van der Waals surface area contributed by atoms with E-state index in [2.05, 4.69) is 39.8 Å². The van der Waals surface area contributed by atoms with E-state index < -0.39 is 0 Å². The Morgan fingerprint density at radius 2 is 2.06 bits per heavy atom. The molecule has 17 heavy (non-hydrogen) atoms. The smallest absolute Gasteiger partial charge is 0.315 e. The van der Waals surface area contributed by atoms with Crippen molar-refractivity contribution < 1.29 is 4.79 Å². The molecule has 4 nitrogen and oxygen atoms in total. The van der Waals surface area contributed by atoms with Gasteiger partial charge in [0.25, 0.3) is 0 Å². The Labute approximate surface area is 101 Å². The van der Waals surface area contributed by atoms with Crippen LogP contribution in [0.5, 0.6) is 0 Å². The molecular weight excluding hydrogens is 214 g/mol. The van der Waals surface area contributed by atoms with Crippen LogP contribution in [0.15, 0.2) is 24.3 Å². The monoisotopic (exact) mass is 231 g/mol. The zero-order valence-electron chi connectivity index (χ0n) is 9.78. The normalized spacial score (nSPS) is 23.6. The van der Waals surface area contributed by atoms with Crippen molar-refractivity contribution in [3.05, 3.63) is 29.8 Å². The van der Waals surface area contributed by atoms with E-state index >= 15 is 0 Å². The molecule has 2 aliphatic heterocycles. The first-order chi connectivity index (χ1) is 8.33. The second kappa shape index (κ2) is 4.28. The predicted octanol–water partition coefficient (Wildman–Crippen LogP) is 1.64. The molecule has 1 aromatic carbocycles. The van der Waals surface area contributed by atoms with Crippen LogP contribution in [0.4, 0.5) is 10.5 Å². The summed E-state index contributed by atoms with van der Waals surface area (Å²) in [6, 6.07) is 8.56. The van der Waals surface area contributed by atoms with E-state index in [0.717, 1.165) is 13.1 Å². The third-order valence-electron chi connectivity index (χ3n) is 3.52. The lowest BCUT2D eigenvalue weighted by atomic mass is 10.1. The molecule has 3 rings (SSSR count). The summed E-state index contributed by atoms with van der Waals surface area (Å²) in [5.74, 6) is 0. The maximum Gasteiger partial charge on any atom is 0.315 e. The molecule has 0 bridgehead atoms. The van der Waals surface area contributed by atoms with Crippen LogP contribution >= 0.6 is 0 Å². The van der Waals surface area contributed by atoms with Gasteiger partial charge in [-0.25, -0.2) is 4.79 Å². The van der Waals surface area contributed by atoms with E-state index in [1.54, 1.807) is 0 Å². The molecule has 0 saturated carbocycles. The van der Waals surface area contributed by atoms with Crippen LogP contribution in [0, 0.1) is 0 Å². The molecule has 0 spiro atoms. The second-order valence-corrected chi connectivity index (χ2v) is 4.70. The number of benzene rings is 1. The van der Waals surface area contributed by atoms with Gasteiger partial charge in [-0.2, -0.15) is 0 Å². The number of nitrogens with zero attached hydrogens (tertiary/aromatic N) is 1. The second-order valence-electron chi connectivity index (χ2n) is 4.70. The van der Waals surface area contributed by atoms with Gasteiger partial charge in [0.15, 0.2) is 0 Å². The number of amides is 2. The van der Waals surface area contributed by atoms with Crippen LogP contribution in [-0.4, -0.2) is 25.7 Å². The van der Waals surface area contributed by atoms with E-state index in [4.69, 9.17) is 0 Å². The van der Waals surface area contributed by atoms with Crippen LogP contribution < -0.4 is 15.5 Å². The highest BCUT2D eigenvalue weighted by molar-refractivity contribution is 5.77. The zero-order chi connectivity index (χ0) is 11.7. The predicted molar refractivity (Wildman–Crippen MR) is 67.2 cm³/mol. The molecular formula is C13H17N3O. The lowest BCUT2D eigenvalue weighted by molar-refractivity contribution is 0.247. The molecule has 2 aliphatic rings. The van der Waals surface area contributed by atoms with Crippen LogP contribution in [0.25, 0.3) is 0 Å². The first kappa shape index (κ1) is 10.4. The molecule has 1 unspecified atom stereocenters. The minimum Gasteiger partial charge on any atom is -0.372 e. The lowest BCUT2D eigenvalue weighted by Crippen LogP contribution is -2.22. The number of urea groups is 1. The SMILES string of the molecule is O=C1NCC(c2cccc(N3CCCC3)c2)N1. The number of rotatable bonds is 2. The van der Waals surface area contributed by atoms with Gasteiger partial charge in [-0.15, -0.1) is 0 Å².